The van der Waals surface area contributed by atoms with Gasteiger partial charge >= 0.3 is 0 Å². The van der Waals surface area contributed by atoms with Crippen LogP contribution in [0.2, 0.25) is 0 Å². The van der Waals surface area contributed by atoms with Crippen molar-refractivity contribution in [2.75, 3.05) is 24.4 Å². The van der Waals surface area contributed by atoms with Crippen molar-refractivity contribution in [3.05, 3.63) is 12.3 Å². The maximum Gasteiger partial charge on any atom is 0.237 e. The van der Waals surface area contributed by atoms with Crippen molar-refractivity contribution in [2.45, 2.75) is 24.6 Å². The van der Waals surface area contributed by atoms with Crippen LogP contribution in [0.4, 0.5) is 5.82 Å². The minimum Gasteiger partial charge on any atom is -0.329 e. The van der Waals surface area contributed by atoms with Gasteiger partial charge in [0.1, 0.15) is 5.82 Å². The molecule has 0 saturated carbocycles. The fourth-order valence-electron chi connectivity index (χ4n) is 1.87. The SMILES string of the molecule is CCC(CN)S(=O)(=O)Nc1ccnn1C1CNC1. The number of anilines is 1. The number of hydrogen-bond acceptors (Lipinski definition) is 5. The van der Waals surface area contributed by atoms with Crippen LogP contribution in [0.3, 0.4) is 0 Å². The third kappa shape index (κ3) is 2.50. The summed E-state index contributed by atoms with van der Waals surface area (Å²) in [6.45, 7) is 3.55. The molecule has 1 unspecified atom stereocenters. The Morgan fingerprint density at radius 1 is 1.67 bits per heavy atom. The maximum atomic E-state index is 12.1. The Labute approximate surface area is 107 Å². The molecule has 1 aliphatic rings. The average molecular weight is 273 g/mol. The molecule has 1 atom stereocenters. The van der Waals surface area contributed by atoms with E-state index in [9.17, 15) is 8.42 Å². The summed E-state index contributed by atoms with van der Waals surface area (Å²) in [4.78, 5) is 0. The summed E-state index contributed by atoms with van der Waals surface area (Å²) in [5, 5.41) is 6.71. The lowest BCUT2D eigenvalue weighted by molar-refractivity contribution is 0.322. The number of nitrogens with one attached hydrogen (secondary N) is 2. The molecule has 0 aliphatic carbocycles. The van der Waals surface area contributed by atoms with Crippen molar-refractivity contribution < 1.29 is 8.42 Å². The molecule has 0 amide bonds. The highest BCUT2D eigenvalue weighted by atomic mass is 32.2. The Morgan fingerprint density at radius 3 is 2.89 bits per heavy atom. The molecule has 2 rings (SSSR count). The van der Waals surface area contributed by atoms with E-state index in [4.69, 9.17) is 5.73 Å². The molecular weight excluding hydrogens is 254 g/mol. The van der Waals surface area contributed by atoms with E-state index in [0.29, 0.717) is 12.2 Å². The number of sulfonamides is 1. The smallest absolute Gasteiger partial charge is 0.237 e. The fraction of sp³-hybridized carbons (Fsp3) is 0.700. The predicted molar refractivity (Wildman–Crippen MR) is 69.8 cm³/mol. The predicted octanol–water partition coefficient (Wildman–Crippen LogP) is -0.494. The third-order valence-electron chi connectivity index (χ3n) is 3.18. The standard InChI is InChI=1S/C10H19N5O2S/c1-2-9(5-11)18(16,17)14-10-3-4-13-15(10)8-6-12-7-8/h3-4,8-9,12,14H,2,5-7,11H2,1H3. The molecule has 2 heterocycles. The number of hydrogen-bond donors (Lipinski definition) is 3. The van der Waals surface area contributed by atoms with Crippen LogP contribution in [0.15, 0.2) is 12.3 Å². The second-order valence-corrected chi connectivity index (χ2v) is 6.35. The first-order valence-corrected chi connectivity index (χ1v) is 7.59. The van der Waals surface area contributed by atoms with Gasteiger partial charge in [0.05, 0.1) is 17.5 Å². The zero-order chi connectivity index (χ0) is 13.2. The number of aromatic nitrogens is 2. The van der Waals surface area contributed by atoms with E-state index in [-0.39, 0.29) is 12.6 Å². The molecule has 8 heteroatoms. The summed E-state index contributed by atoms with van der Waals surface area (Å²) in [5.41, 5.74) is 5.48. The van der Waals surface area contributed by atoms with Gasteiger partial charge in [-0.3, -0.25) is 4.72 Å². The van der Waals surface area contributed by atoms with E-state index in [1.807, 2.05) is 6.92 Å². The monoisotopic (exact) mass is 273 g/mol. The molecule has 0 bridgehead atoms. The summed E-state index contributed by atoms with van der Waals surface area (Å²) >= 11 is 0. The minimum atomic E-state index is -3.44. The van der Waals surface area contributed by atoms with Crippen molar-refractivity contribution in [3.8, 4) is 0 Å². The third-order valence-corrected chi connectivity index (χ3v) is 5.08. The van der Waals surface area contributed by atoms with Gasteiger partial charge in [-0.25, -0.2) is 13.1 Å². The lowest BCUT2D eigenvalue weighted by Gasteiger charge is -2.29. The van der Waals surface area contributed by atoms with Crippen molar-refractivity contribution in [3.63, 3.8) is 0 Å². The summed E-state index contributed by atoms with van der Waals surface area (Å²) in [5.74, 6) is 0.508. The van der Waals surface area contributed by atoms with Gasteiger partial charge in [0.15, 0.2) is 0 Å². The zero-order valence-electron chi connectivity index (χ0n) is 10.3. The number of rotatable bonds is 6. The van der Waals surface area contributed by atoms with Crippen LogP contribution in [0.1, 0.15) is 19.4 Å². The van der Waals surface area contributed by atoms with Gasteiger partial charge in [0.2, 0.25) is 10.0 Å². The van der Waals surface area contributed by atoms with Crippen molar-refractivity contribution in [2.24, 2.45) is 5.73 Å². The van der Waals surface area contributed by atoms with E-state index < -0.39 is 15.3 Å². The van der Waals surface area contributed by atoms with Crippen molar-refractivity contribution in [1.29, 1.82) is 0 Å². The molecule has 1 aromatic heterocycles. The fourth-order valence-corrected chi connectivity index (χ4v) is 3.19. The highest BCUT2D eigenvalue weighted by Crippen LogP contribution is 2.19. The lowest BCUT2D eigenvalue weighted by atomic mass is 10.2. The molecule has 0 spiro atoms. The molecule has 1 aliphatic heterocycles. The van der Waals surface area contributed by atoms with E-state index >= 15 is 0 Å². The summed E-state index contributed by atoms with van der Waals surface area (Å²) in [6.07, 6.45) is 2.09. The van der Waals surface area contributed by atoms with E-state index in [0.717, 1.165) is 13.1 Å². The van der Waals surface area contributed by atoms with E-state index in [1.165, 1.54) is 0 Å². The van der Waals surface area contributed by atoms with Gasteiger partial charge in [-0.2, -0.15) is 5.10 Å². The molecule has 7 nitrogen and oxygen atoms in total. The first kappa shape index (κ1) is 13.3. The highest BCUT2D eigenvalue weighted by molar-refractivity contribution is 7.93. The molecule has 18 heavy (non-hydrogen) atoms. The Morgan fingerprint density at radius 2 is 2.39 bits per heavy atom. The molecule has 0 aromatic carbocycles. The van der Waals surface area contributed by atoms with Crippen LogP contribution < -0.4 is 15.8 Å². The minimum absolute atomic E-state index is 0.116. The quantitative estimate of drug-likeness (QED) is 0.649. The van der Waals surface area contributed by atoms with E-state index in [2.05, 4.69) is 15.1 Å². The van der Waals surface area contributed by atoms with Crippen LogP contribution in [-0.4, -0.2) is 43.1 Å². The van der Waals surface area contributed by atoms with Gasteiger partial charge in [-0.05, 0) is 6.42 Å². The van der Waals surface area contributed by atoms with Gasteiger partial charge in [0.25, 0.3) is 0 Å². The summed E-state index contributed by atoms with van der Waals surface area (Å²) in [7, 11) is -3.44. The zero-order valence-corrected chi connectivity index (χ0v) is 11.2. The Hall–Kier alpha value is -1.12. The van der Waals surface area contributed by atoms with Crippen LogP contribution in [-0.2, 0) is 10.0 Å². The van der Waals surface area contributed by atoms with Crippen LogP contribution in [0.5, 0.6) is 0 Å². The van der Waals surface area contributed by atoms with Crippen molar-refractivity contribution >= 4 is 15.8 Å². The van der Waals surface area contributed by atoms with Gasteiger partial charge in [0, 0.05) is 25.7 Å². The molecule has 102 valence electrons. The Bertz CT molecular complexity index is 490. The molecule has 0 radical (unpaired) electrons. The van der Waals surface area contributed by atoms with E-state index in [1.54, 1.807) is 16.9 Å². The average Bonchev–Trinajstić information content (AvgIpc) is 2.64. The number of nitrogens with zero attached hydrogens (tertiary/aromatic N) is 2. The second-order valence-electron chi connectivity index (χ2n) is 4.39. The van der Waals surface area contributed by atoms with Crippen LogP contribution >= 0.6 is 0 Å². The second kappa shape index (κ2) is 5.25. The molecule has 1 aromatic rings. The molecule has 1 saturated heterocycles. The molecular formula is C10H19N5O2S. The van der Waals surface area contributed by atoms with Crippen LogP contribution in [0.25, 0.3) is 0 Å². The largest absolute Gasteiger partial charge is 0.329 e. The topological polar surface area (TPSA) is 102 Å². The summed E-state index contributed by atoms with van der Waals surface area (Å²) < 4.78 is 28.5. The lowest BCUT2D eigenvalue weighted by Crippen LogP contribution is -2.44. The van der Waals surface area contributed by atoms with Crippen LogP contribution in [0, 0.1) is 0 Å². The first-order valence-electron chi connectivity index (χ1n) is 6.04. The maximum absolute atomic E-state index is 12.1. The van der Waals surface area contributed by atoms with Gasteiger partial charge in [-0.15, -0.1) is 0 Å². The van der Waals surface area contributed by atoms with Crippen molar-refractivity contribution in [1.82, 2.24) is 15.1 Å². The Balaban J connectivity index is 2.16. The first-order chi connectivity index (χ1) is 8.58. The normalized spacial score (nSPS) is 18.3. The van der Waals surface area contributed by atoms with Gasteiger partial charge in [-0.1, -0.05) is 6.92 Å². The Kier molecular flexibility index (Phi) is 3.88. The molecule has 4 N–H and O–H groups in total. The van der Waals surface area contributed by atoms with Gasteiger partial charge < -0.3 is 11.1 Å². The number of nitrogens with two attached hydrogens (primary N) is 1. The molecule has 1 fully saturated rings. The highest BCUT2D eigenvalue weighted by Gasteiger charge is 2.26. The summed E-state index contributed by atoms with van der Waals surface area (Å²) in [6, 6.07) is 1.88.